The molecule has 0 bridgehead atoms. The summed E-state index contributed by atoms with van der Waals surface area (Å²) in [7, 11) is 4.28. The van der Waals surface area contributed by atoms with Crippen molar-refractivity contribution in [3.05, 3.63) is 77.4 Å². The number of hydrogen-bond donors (Lipinski definition) is 6. The van der Waals surface area contributed by atoms with Gasteiger partial charge in [0.2, 0.25) is 6.29 Å². The van der Waals surface area contributed by atoms with Crippen LogP contribution in [0.3, 0.4) is 0 Å². The zero-order valence-electron chi connectivity index (χ0n) is 28.3. The molecule has 0 saturated carbocycles. The van der Waals surface area contributed by atoms with Crippen molar-refractivity contribution < 1.29 is 82.9 Å². The lowest BCUT2D eigenvalue weighted by Gasteiger charge is -2.40. The summed E-state index contributed by atoms with van der Waals surface area (Å²) in [5.41, 5.74) is -1.18. The van der Waals surface area contributed by atoms with Gasteiger partial charge in [0.15, 0.2) is 34.9 Å². The second-order valence-corrected chi connectivity index (χ2v) is 11.9. The molecular weight excluding hydrogens is 692 g/mol. The number of phenolic OH excluding ortho intramolecular Hbond substituents is 1. The lowest BCUT2D eigenvalue weighted by atomic mass is 9.99. The number of aliphatic hydroxyl groups is 5. The third-order valence-electron chi connectivity index (χ3n) is 8.42. The van der Waals surface area contributed by atoms with Gasteiger partial charge >= 0.3 is 11.9 Å². The predicted molar refractivity (Wildman–Crippen MR) is 174 cm³/mol. The van der Waals surface area contributed by atoms with Gasteiger partial charge in [0, 0.05) is 0 Å². The molecule has 2 heterocycles. The van der Waals surface area contributed by atoms with Crippen LogP contribution in [0, 0.1) is 0 Å². The molecule has 17 nitrogen and oxygen atoms in total. The Morgan fingerprint density at radius 3 is 2.08 bits per heavy atom. The number of benzene rings is 3. The number of ether oxygens (including phenoxy) is 9. The molecule has 2 aliphatic rings. The Bertz CT molecular complexity index is 1680. The Balaban J connectivity index is 1.16. The average molecular weight is 733 g/mol. The van der Waals surface area contributed by atoms with E-state index < -0.39 is 80.5 Å². The Labute approximate surface area is 297 Å². The molecular formula is C35H40O17. The van der Waals surface area contributed by atoms with E-state index in [9.17, 15) is 40.2 Å². The molecule has 0 aliphatic carbocycles. The Morgan fingerprint density at radius 2 is 1.38 bits per heavy atom. The van der Waals surface area contributed by atoms with Gasteiger partial charge in [-0.2, -0.15) is 0 Å². The number of carbonyl (C=O) groups excluding carboxylic acids is 2. The number of carbonyl (C=O) groups is 2. The first-order valence-electron chi connectivity index (χ1n) is 15.9. The molecule has 3 aromatic rings. The number of aromatic hydroxyl groups is 1. The summed E-state index contributed by atoms with van der Waals surface area (Å²) in [6, 6.07) is 14.4. The van der Waals surface area contributed by atoms with Gasteiger partial charge in [-0.1, -0.05) is 6.07 Å². The van der Waals surface area contributed by atoms with E-state index >= 15 is 0 Å². The molecule has 52 heavy (non-hydrogen) atoms. The maximum absolute atomic E-state index is 12.7. The number of phenols is 1. The Kier molecular flexibility index (Phi) is 12.4. The van der Waals surface area contributed by atoms with Crippen molar-refractivity contribution in [2.24, 2.45) is 0 Å². The zero-order valence-corrected chi connectivity index (χ0v) is 28.3. The minimum absolute atomic E-state index is 0.0547. The number of rotatable bonds is 14. The summed E-state index contributed by atoms with van der Waals surface area (Å²) in [5, 5.41) is 62.8. The number of esters is 2. The molecule has 0 amide bonds. The van der Waals surface area contributed by atoms with E-state index in [2.05, 4.69) is 0 Å². The van der Waals surface area contributed by atoms with Crippen molar-refractivity contribution in [3.63, 3.8) is 0 Å². The van der Waals surface area contributed by atoms with Crippen molar-refractivity contribution in [1.29, 1.82) is 0 Å². The summed E-state index contributed by atoms with van der Waals surface area (Å²) in [6.45, 7) is -1.77. The maximum Gasteiger partial charge on any atom is 0.338 e. The van der Waals surface area contributed by atoms with Gasteiger partial charge in [-0.05, 0) is 60.2 Å². The summed E-state index contributed by atoms with van der Waals surface area (Å²) in [4.78, 5) is 25.0. The number of hydrogen-bond acceptors (Lipinski definition) is 17. The highest BCUT2D eigenvalue weighted by atomic mass is 16.7. The second-order valence-electron chi connectivity index (χ2n) is 11.9. The molecule has 2 aliphatic heterocycles. The van der Waals surface area contributed by atoms with Gasteiger partial charge in [-0.25, -0.2) is 9.59 Å². The first kappa shape index (κ1) is 38.5. The molecule has 282 valence electrons. The van der Waals surface area contributed by atoms with Crippen LogP contribution in [0.15, 0.2) is 60.7 Å². The van der Waals surface area contributed by atoms with Gasteiger partial charge < -0.3 is 73.3 Å². The fourth-order valence-corrected chi connectivity index (χ4v) is 5.35. The molecule has 6 N–H and O–H groups in total. The van der Waals surface area contributed by atoms with Crippen LogP contribution in [0.2, 0.25) is 0 Å². The van der Waals surface area contributed by atoms with Crippen LogP contribution in [0.4, 0.5) is 0 Å². The van der Waals surface area contributed by atoms with Gasteiger partial charge in [0.05, 0.1) is 45.7 Å². The summed E-state index contributed by atoms with van der Waals surface area (Å²) < 4.78 is 48.8. The van der Waals surface area contributed by atoms with Crippen molar-refractivity contribution in [1.82, 2.24) is 0 Å². The molecule has 0 radical (unpaired) electrons. The SMILES string of the molecule is COc1ccc(C(=O)OCc2ccc(O[C@@H]3O[C@H](CO[C@@H]4OC[C@](O)(COC(=O)c5ccc(O)cc5)[C@H]4O)[C@@H](O)[C@H](O)[C@H]3O)c(OC)c2)cc1OC. The molecule has 8 atom stereocenters. The van der Waals surface area contributed by atoms with Gasteiger partial charge in [0.1, 0.15) is 49.5 Å². The van der Waals surface area contributed by atoms with Crippen LogP contribution < -0.4 is 18.9 Å². The summed E-state index contributed by atoms with van der Waals surface area (Å²) >= 11 is 0. The molecule has 3 aromatic carbocycles. The van der Waals surface area contributed by atoms with Crippen molar-refractivity contribution in [2.45, 2.75) is 55.3 Å². The van der Waals surface area contributed by atoms with E-state index in [-0.39, 0.29) is 35.0 Å². The second kappa shape index (κ2) is 16.7. The molecule has 2 saturated heterocycles. The minimum Gasteiger partial charge on any atom is -0.508 e. The number of aliphatic hydroxyl groups excluding tert-OH is 4. The third-order valence-corrected chi connectivity index (χ3v) is 8.42. The largest absolute Gasteiger partial charge is 0.508 e. The van der Waals surface area contributed by atoms with Gasteiger partial charge in [-0.3, -0.25) is 0 Å². The van der Waals surface area contributed by atoms with Crippen molar-refractivity contribution in [3.8, 4) is 28.7 Å². The smallest absolute Gasteiger partial charge is 0.338 e. The quantitative estimate of drug-likeness (QED) is 0.122. The van der Waals surface area contributed by atoms with Crippen LogP contribution in [0.1, 0.15) is 26.3 Å². The molecule has 2 fully saturated rings. The van der Waals surface area contributed by atoms with Crippen molar-refractivity contribution >= 4 is 11.9 Å². The molecule has 17 heteroatoms. The lowest BCUT2D eigenvalue weighted by molar-refractivity contribution is -0.289. The Hall–Kier alpha value is -4.72. The van der Waals surface area contributed by atoms with E-state index in [4.69, 9.17) is 42.6 Å². The van der Waals surface area contributed by atoms with Crippen LogP contribution in [-0.4, -0.2) is 132 Å². The van der Waals surface area contributed by atoms with Crippen LogP contribution in [0.25, 0.3) is 0 Å². The van der Waals surface area contributed by atoms with Crippen LogP contribution in [0.5, 0.6) is 28.7 Å². The van der Waals surface area contributed by atoms with E-state index in [1.165, 1.54) is 69.9 Å². The fourth-order valence-electron chi connectivity index (χ4n) is 5.35. The highest BCUT2D eigenvalue weighted by Gasteiger charge is 2.51. The van der Waals surface area contributed by atoms with Crippen molar-refractivity contribution in [2.75, 3.05) is 41.2 Å². The highest BCUT2D eigenvalue weighted by molar-refractivity contribution is 5.90. The minimum atomic E-state index is -2.05. The topological polar surface area (TPSA) is 239 Å². The van der Waals surface area contributed by atoms with E-state index in [0.29, 0.717) is 17.1 Å². The highest BCUT2D eigenvalue weighted by Crippen LogP contribution is 2.34. The first-order valence-corrected chi connectivity index (χ1v) is 15.9. The molecule has 0 aromatic heterocycles. The predicted octanol–water partition coefficient (Wildman–Crippen LogP) is 0.283. The fraction of sp³-hybridized carbons (Fsp3) is 0.429. The van der Waals surface area contributed by atoms with E-state index in [1.807, 2.05) is 0 Å². The van der Waals surface area contributed by atoms with Crippen LogP contribution in [-0.2, 0) is 30.3 Å². The summed E-state index contributed by atoms with van der Waals surface area (Å²) in [6.07, 6.45) is -11.2. The third kappa shape index (κ3) is 8.66. The zero-order chi connectivity index (χ0) is 37.6. The monoisotopic (exact) mass is 732 g/mol. The lowest BCUT2D eigenvalue weighted by Crippen LogP contribution is -2.60. The standard InChI is InChI=1S/C35H40O17/c1-44-22-11-7-20(13-25(22)46-3)32(42)47-14-18-4-10-23(24(12-18)45-2)51-33-29(39)28(38)27(37)26(52-33)15-48-34-30(40)35(43,17-50-34)16-49-31(41)19-5-8-21(36)9-6-19/h4-13,26-30,33-34,36-40,43H,14-17H2,1-3H3/t26-,27-,28+,29-,30+,33-,34-,35-/m1/s1. The average Bonchev–Trinajstić information content (AvgIpc) is 3.44. The normalized spacial score (nSPS) is 27.0. The molecule has 0 unspecified atom stereocenters. The Morgan fingerprint density at radius 1 is 0.750 bits per heavy atom. The maximum atomic E-state index is 12.7. The van der Waals surface area contributed by atoms with Gasteiger partial charge in [-0.15, -0.1) is 0 Å². The van der Waals surface area contributed by atoms with Gasteiger partial charge in [0.25, 0.3) is 0 Å². The summed E-state index contributed by atoms with van der Waals surface area (Å²) in [5.74, 6) is -0.438. The molecule has 0 spiro atoms. The van der Waals surface area contributed by atoms with Crippen LogP contribution >= 0.6 is 0 Å². The van der Waals surface area contributed by atoms with E-state index in [0.717, 1.165) is 0 Å². The first-order chi connectivity index (χ1) is 24.9. The number of methoxy groups -OCH3 is 3. The van der Waals surface area contributed by atoms with E-state index in [1.54, 1.807) is 12.1 Å². The molecule has 5 rings (SSSR count).